The van der Waals surface area contributed by atoms with E-state index < -0.39 is 17.6 Å². The van der Waals surface area contributed by atoms with E-state index in [1.54, 1.807) is 46.9 Å². The van der Waals surface area contributed by atoms with Gasteiger partial charge in [0.15, 0.2) is 9.84 Å². The highest BCUT2D eigenvalue weighted by Gasteiger charge is 2.45. The summed E-state index contributed by atoms with van der Waals surface area (Å²) >= 11 is 4.80. The smallest absolute Gasteiger partial charge is 0.207 e. The Morgan fingerprint density at radius 1 is 1.59 bits per heavy atom. The Hall–Kier alpha value is 0.140. The molecule has 17 heavy (non-hydrogen) atoms. The van der Waals surface area contributed by atoms with Gasteiger partial charge in [0, 0.05) is 11.4 Å². The summed E-state index contributed by atoms with van der Waals surface area (Å²) in [5, 5.41) is 10.2. The number of rotatable bonds is 4. The number of alkyl halides is 2. The van der Waals surface area contributed by atoms with Crippen molar-refractivity contribution in [3.8, 4) is 0 Å². The second kappa shape index (κ2) is 5.41. The lowest BCUT2D eigenvalue weighted by Gasteiger charge is -2.26. The van der Waals surface area contributed by atoms with Crippen LogP contribution in [0.2, 0.25) is 0 Å². The van der Waals surface area contributed by atoms with Crippen LogP contribution in [0.3, 0.4) is 0 Å². The van der Waals surface area contributed by atoms with E-state index in [0.29, 0.717) is 11.3 Å². The van der Waals surface area contributed by atoms with Crippen LogP contribution in [0.4, 0.5) is 5.69 Å². The second-order valence-electron chi connectivity index (χ2n) is 3.54. The minimum absolute atomic E-state index is 0.0550. The van der Waals surface area contributed by atoms with E-state index in [9.17, 15) is 13.5 Å². The average molecular weight is 434 g/mol. The van der Waals surface area contributed by atoms with Crippen LogP contribution in [0.25, 0.3) is 0 Å². The van der Waals surface area contributed by atoms with Crippen molar-refractivity contribution in [3.05, 3.63) is 29.8 Å². The minimum atomic E-state index is -3.45. The third kappa shape index (κ3) is 3.12. The fourth-order valence-electron chi connectivity index (χ4n) is 1.29. The van der Waals surface area contributed by atoms with Gasteiger partial charge in [-0.1, -0.05) is 35.0 Å². The molecule has 0 aliphatic heterocycles. The summed E-state index contributed by atoms with van der Waals surface area (Å²) in [6.07, 6.45) is -1.18. The maximum absolute atomic E-state index is 11.9. The summed E-state index contributed by atoms with van der Waals surface area (Å²) in [6.45, 7) is 1.54. The summed E-state index contributed by atoms with van der Waals surface area (Å²) in [6, 6.07) is 6.55. The zero-order chi connectivity index (χ0) is 13.3. The molecule has 0 aliphatic carbocycles. The zero-order valence-corrected chi connectivity index (χ0v) is 13.7. The molecular weight excluding hydrogens is 421 g/mol. The third-order valence-electron chi connectivity index (χ3n) is 2.34. The summed E-state index contributed by atoms with van der Waals surface area (Å²) in [4.78, 5) is 0. The number of nitrogen functional groups attached to an aromatic ring is 1. The Morgan fingerprint density at radius 2 is 2.18 bits per heavy atom. The average Bonchev–Trinajstić information content (AvgIpc) is 2.27. The fraction of sp³-hybridized carbons (Fsp3) is 0.400. The Balaban J connectivity index is 3.17. The molecule has 96 valence electrons. The number of sulfone groups is 1. The molecule has 0 bridgehead atoms. The Morgan fingerprint density at radius 3 is 2.65 bits per heavy atom. The quantitative estimate of drug-likeness (QED) is 0.433. The van der Waals surface area contributed by atoms with Crippen LogP contribution in [0.15, 0.2) is 24.3 Å². The SMILES string of the molecule is CCS(=O)(=O)C(Br)(I)C(O)c1cccc(N)c1. The monoisotopic (exact) mass is 433 g/mol. The maximum atomic E-state index is 11.9. The molecule has 0 spiro atoms. The molecule has 0 aliphatic rings. The van der Waals surface area contributed by atoms with Crippen molar-refractivity contribution in [1.82, 2.24) is 0 Å². The number of anilines is 1. The lowest BCUT2D eigenvalue weighted by Crippen LogP contribution is -2.33. The van der Waals surface area contributed by atoms with Crippen molar-refractivity contribution in [2.75, 3.05) is 11.5 Å². The van der Waals surface area contributed by atoms with E-state index in [0.717, 1.165) is 0 Å². The topological polar surface area (TPSA) is 80.4 Å². The second-order valence-corrected chi connectivity index (χ2v) is 11.7. The molecule has 0 saturated heterocycles. The Bertz CT molecular complexity index is 504. The Kier molecular flexibility index (Phi) is 4.84. The van der Waals surface area contributed by atoms with Gasteiger partial charge in [0.1, 0.15) is 6.10 Å². The van der Waals surface area contributed by atoms with Gasteiger partial charge in [0.2, 0.25) is 1.66 Å². The third-order valence-corrected chi connectivity index (χ3v) is 8.67. The van der Waals surface area contributed by atoms with Gasteiger partial charge in [-0.15, -0.1) is 0 Å². The molecule has 4 nitrogen and oxygen atoms in total. The van der Waals surface area contributed by atoms with E-state index in [4.69, 9.17) is 5.73 Å². The van der Waals surface area contributed by atoms with Crippen LogP contribution in [0.1, 0.15) is 18.6 Å². The lowest BCUT2D eigenvalue weighted by molar-refractivity contribution is 0.191. The molecule has 1 aromatic rings. The van der Waals surface area contributed by atoms with Crippen LogP contribution >= 0.6 is 38.5 Å². The minimum Gasteiger partial charge on any atom is -0.399 e. The molecule has 1 rings (SSSR count). The first-order chi connectivity index (χ1) is 7.72. The zero-order valence-electron chi connectivity index (χ0n) is 9.10. The van der Waals surface area contributed by atoms with E-state index >= 15 is 0 Å². The maximum Gasteiger partial charge on any atom is 0.207 e. The molecule has 0 amide bonds. The summed E-state index contributed by atoms with van der Waals surface area (Å²) in [7, 11) is -3.45. The van der Waals surface area contributed by atoms with Crippen molar-refractivity contribution in [2.24, 2.45) is 0 Å². The number of aliphatic hydroxyl groups excluding tert-OH is 1. The predicted octanol–water partition coefficient (Wildman–Crippen LogP) is 2.22. The fourth-order valence-corrected chi connectivity index (χ4v) is 4.39. The normalized spacial score (nSPS) is 17.4. The molecular formula is C10H13BrINO3S. The molecule has 0 fully saturated rings. The van der Waals surface area contributed by atoms with Crippen molar-refractivity contribution in [1.29, 1.82) is 0 Å². The molecule has 2 atom stereocenters. The van der Waals surface area contributed by atoms with Gasteiger partial charge >= 0.3 is 0 Å². The van der Waals surface area contributed by atoms with E-state index in [-0.39, 0.29) is 5.75 Å². The first kappa shape index (κ1) is 15.2. The van der Waals surface area contributed by atoms with Gasteiger partial charge in [-0.3, -0.25) is 0 Å². The van der Waals surface area contributed by atoms with Gasteiger partial charge in [-0.05, 0) is 40.3 Å². The molecule has 0 radical (unpaired) electrons. The van der Waals surface area contributed by atoms with E-state index in [2.05, 4.69) is 15.9 Å². The number of aliphatic hydroxyl groups is 1. The molecule has 3 N–H and O–H groups in total. The van der Waals surface area contributed by atoms with Crippen LogP contribution in [-0.4, -0.2) is 20.9 Å². The summed E-state index contributed by atoms with van der Waals surface area (Å²) in [5.74, 6) is -0.0550. The predicted molar refractivity (Wildman–Crippen MR) is 81.0 cm³/mol. The number of benzene rings is 1. The first-order valence-electron chi connectivity index (χ1n) is 4.86. The van der Waals surface area contributed by atoms with Crippen LogP contribution < -0.4 is 5.73 Å². The molecule has 0 saturated carbocycles. The van der Waals surface area contributed by atoms with Crippen molar-refractivity contribution in [2.45, 2.75) is 14.7 Å². The van der Waals surface area contributed by atoms with Crippen molar-refractivity contribution in [3.63, 3.8) is 0 Å². The highest BCUT2D eigenvalue weighted by molar-refractivity contribution is 14.1. The molecule has 1 aromatic carbocycles. The van der Waals surface area contributed by atoms with Gasteiger partial charge in [-0.2, -0.15) is 0 Å². The highest BCUT2D eigenvalue weighted by atomic mass is 127. The van der Waals surface area contributed by atoms with Gasteiger partial charge in [0.05, 0.1) is 0 Å². The standard InChI is InChI=1S/C10H13BrINO3S/c1-2-17(15,16)10(11,12)9(14)7-4-3-5-8(13)6-7/h3-6,9,14H,2,13H2,1H3. The van der Waals surface area contributed by atoms with Crippen molar-refractivity contribution >= 4 is 54.0 Å². The lowest BCUT2D eigenvalue weighted by atomic mass is 10.1. The molecule has 7 heteroatoms. The van der Waals surface area contributed by atoms with Gasteiger partial charge in [-0.25, -0.2) is 8.42 Å². The number of nitrogens with two attached hydrogens (primary N) is 1. The molecule has 0 heterocycles. The van der Waals surface area contributed by atoms with E-state index in [1.165, 1.54) is 6.92 Å². The van der Waals surface area contributed by atoms with E-state index in [1.807, 2.05) is 0 Å². The molecule has 0 aromatic heterocycles. The van der Waals surface area contributed by atoms with Gasteiger partial charge in [0.25, 0.3) is 0 Å². The van der Waals surface area contributed by atoms with Crippen LogP contribution in [-0.2, 0) is 9.84 Å². The van der Waals surface area contributed by atoms with Gasteiger partial charge < -0.3 is 10.8 Å². The van der Waals surface area contributed by atoms with Crippen LogP contribution in [0, 0.1) is 0 Å². The Labute approximate surface area is 123 Å². The summed E-state index contributed by atoms with van der Waals surface area (Å²) in [5.41, 5.74) is 6.55. The summed E-state index contributed by atoms with van der Waals surface area (Å²) < 4.78 is 22.3. The highest BCUT2D eigenvalue weighted by Crippen LogP contribution is 2.45. The number of halogens is 2. The van der Waals surface area contributed by atoms with Crippen molar-refractivity contribution < 1.29 is 13.5 Å². The first-order valence-corrected chi connectivity index (χ1v) is 8.38. The van der Waals surface area contributed by atoms with Crippen LogP contribution in [0.5, 0.6) is 0 Å². The number of hydrogen-bond acceptors (Lipinski definition) is 4. The largest absolute Gasteiger partial charge is 0.399 e. The number of hydrogen-bond donors (Lipinski definition) is 2. The molecule has 2 unspecified atom stereocenters.